The van der Waals surface area contributed by atoms with Crippen molar-refractivity contribution < 1.29 is 19.1 Å². The summed E-state index contributed by atoms with van der Waals surface area (Å²) < 4.78 is 11.8. The second kappa shape index (κ2) is 11.0. The average Bonchev–Trinajstić information content (AvgIpc) is 3.29. The number of ether oxygens (including phenoxy) is 2. The van der Waals surface area contributed by atoms with E-state index in [0.717, 1.165) is 43.6 Å². The summed E-state index contributed by atoms with van der Waals surface area (Å²) in [6.45, 7) is 2.80. The lowest BCUT2D eigenvalue weighted by Crippen LogP contribution is -2.50. The number of hydrogen-bond acceptors (Lipinski definition) is 5. The molecule has 0 radical (unpaired) electrons. The maximum absolute atomic E-state index is 12.6. The van der Waals surface area contributed by atoms with Gasteiger partial charge in [0.05, 0.1) is 24.1 Å². The number of likely N-dealkylation sites (N-methyl/N-ethyl adjacent to an activating group) is 1. The van der Waals surface area contributed by atoms with Crippen LogP contribution in [0.2, 0.25) is 0 Å². The smallest absolute Gasteiger partial charge is 0.264 e. The maximum Gasteiger partial charge on any atom is 0.264 e. The lowest BCUT2D eigenvalue weighted by molar-refractivity contribution is -0.123. The van der Waals surface area contributed by atoms with Crippen LogP contribution in [0.5, 0.6) is 11.5 Å². The van der Waals surface area contributed by atoms with E-state index in [0.29, 0.717) is 11.5 Å². The van der Waals surface area contributed by atoms with Crippen molar-refractivity contribution in [2.45, 2.75) is 51.2 Å². The van der Waals surface area contributed by atoms with Gasteiger partial charge < -0.3 is 19.7 Å². The molecule has 1 aliphatic rings. The van der Waals surface area contributed by atoms with Crippen LogP contribution in [0.15, 0.2) is 41.8 Å². The van der Waals surface area contributed by atoms with Gasteiger partial charge in [-0.1, -0.05) is 19.4 Å². The Morgan fingerprint density at radius 1 is 1.13 bits per heavy atom. The Bertz CT molecular complexity index is 807. The molecule has 0 aliphatic heterocycles. The lowest BCUT2D eigenvalue weighted by atomic mass is 9.92. The molecular formula is C23H30N2O4S. The molecule has 0 spiro atoms. The van der Waals surface area contributed by atoms with E-state index in [1.807, 2.05) is 35.7 Å². The Morgan fingerprint density at radius 2 is 1.87 bits per heavy atom. The van der Waals surface area contributed by atoms with Gasteiger partial charge >= 0.3 is 0 Å². The number of rotatable bonds is 9. The van der Waals surface area contributed by atoms with Crippen molar-refractivity contribution in [3.63, 3.8) is 0 Å². The maximum atomic E-state index is 12.6. The normalized spacial score (nSPS) is 18.5. The molecule has 1 aromatic heterocycles. The van der Waals surface area contributed by atoms with Gasteiger partial charge in [0.25, 0.3) is 5.91 Å². The highest BCUT2D eigenvalue weighted by Gasteiger charge is 2.29. The monoisotopic (exact) mass is 430 g/mol. The Morgan fingerprint density at radius 3 is 2.57 bits per heavy atom. The molecule has 2 atom stereocenters. The first-order valence-corrected chi connectivity index (χ1v) is 11.4. The zero-order valence-corrected chi connectivity index (χ0v) is 18.5. The number of carbonyl (C=O) groups excluding carboxylic acids is 2. The van der Waals surface area contributed by atoms with E-state index in [2.05, 4.69) is 12.2 Å². The van der Waals surface area contributed by atoms with Gasteiger partial charge in [-0.05, 0) is 61.4 Å². The minimum Gasteiger partial charge on any atom is -0.494 e. The van der Waals surface area contributed by atoms with Crippen molar-refractivity contribution in [3.8, 4) is 11.5 Å². The third-order valence-corrected chi connectivity index (χ3v) is 5.95. The molecule has 0 bridgehead atoms. The number of carbonyl (C=O) groups is 2. The van der Waals surface area contributed by atoms with Crippen LogP contribution in [-0.2, 0) is 4.79 Å². The fraction of sp³-hybridized carbons (Fsp3) is 0.478. The highest BCUT2D eigenvalue weighted by atomic mass is 32.1. The first-order valence-electron chi connectivity index (χ1n) is 10.5. The molecule has 1 fully saturated rings. The van der Waals surface area contributed by atoms with Crippen LogP contribution in [0, 0.1) is 0 Å². The Labute approximate surface area is 182 Å². The predicted molar refractivity (Wildman–Crippen MR) is 118 cm³/mol. The standard InChI is InChI=1S/C23H30N2O4S/c1-3-14-28-17-10-12-18(13-11-17)29-20-8-5-4-7-19(20)24-22(26)16-25(2)23(27)21-9-6-15-30-21/h6,9-13,15,19-20H,3-5,7-8,14,16H2,1-2H3,(H,24,26). The average molecular weight is 431 g/mol. The van der Waals surface area contributed by atoms with Gasteiger partial charge in [0.15, 0.2) is 0 Å². The van der Waals surface area contributed by atoms with Crippen LogP contribution < -0.4 is 14.8 Å². The summed E-state index contributed by atoms with van der Waals surface area (Å²) in [6, 6.07) is 11.2. The van der Waals surface area contributed by atoms with Gasteiger partial charge in [-0.15, -0.1) is 11.3 Å². The quantitative estimate of drug-likeness (QED) is 0.650. The van der Waals surface area contributed by atoms with Crippen molar-refractivity contribution in [3.05, 3.63) is 46.7 Å². The van der Waals surface area contributed by atoms with Crippen LogP contribution in [0.25, 0.3) is 0 Å². The fourth-order valence-electron chi connectivity index (χ4n) is 3.54. The second-order valence-corrected chi connectivity index (χ2v) is 8.52. The van der Waals surface area contributed by atoms with E-state index >= 15 is 0 Å². The van der Waals surface area contributed by atoms with Crippen LogP contribution in [-0.4, -0.2) is 49.1 Å². The van der Waals surface area contributed by atoms with Crippen LogP contribution in [0.4, 0.5) is 0 Å². The van der Waals surface area contributed by atoms with E-state index in [1.54, 1.807) is 13.1 Å². The number of amides is 2. The number of nitrogens with one attached hydrogen (secondary N) is 1. The molecule has 2 aromatic rings. The minimum atomic E-state index is -0.161. The molecule has 1 aliphatic carbocycles. The molecule has 1 aromatic carbocycles. The lowest BCUT2D eigenvalue weighted by Gasteiger charge is -2.33. The summed E-state index contributed by atoms with van der Waals surface area (Å²) in [5, 5.41) is 4.94. The third kappa shape index (κ3) is 6.23. The van der Waals surface area contributed by atoms with Crippen molar-refractivity contribution >= 4 is 23.2 Å². The SMILES string of the molecule is CCCOc1ccc(OC2CCCCC2NC(=O)CN(C)C(=O)c2cccs2)cc1. The number of hydrogen-bond donors (Lipinski definition) is 1. The number of nitrogens with zero attached hydrogens (tertiary/aromatic N) is 1. The first-order chi connectivity index (χ1) is 14.6. The van der Waals surface area contributed by atoms with E-state index in [4.69, 9.17) is 9.47 Å². The third-order valence-electron chi connectivity index (χ3n) is 5.09. The predicted octanol–water partition coefficient (Wildman–Crippen LogP) is 4.12. The van der Waals surface area contributed by atoms with E-state index in [-0.39, 0.29) is 30.5 Å². The molecule has 2 unspecified atom stereocenters. The molecule has 162 valence electrons. The van der Waals surface area contributed by atoms with Gasteiger partial charge in [0.2, 0.25) is 5.91 Å². The van der Waals surface area contributed by atoms with Crippen molar-refractivity contribution in [1.82, 2.24) is 10.2 Å². The summed E-state index contributed by atoms with van der Waals surface area (Å²) >= 11 is 1.38. The zero-order chi connectivity index (χ0) is 21.3. The summed E-state index contributed by atoms with van der Waals surface area (Å²) in [5.74, 6) is 1.30. The summed E-state index contributed by atoms with van der Waals surface area (Å²) in [4.78, 5) is 27.0. The van der Waals surface area contributed by atoms with Crippen molar-refractivity contribution in [2.75, 3.05) is 20.2 Å². The van der Waals surface area contributed by atoms with Gasteiger partial charge in [-0.3, -0.25) is 9.59 Å². The fourth-order valence-corrected chi connectivity index (χ4v) is 4.26. The first kappa shape index (κ1) is 22.2. The highest BCUT2D eigenvalue weighted by Crippen LogP contribution is 2.25. The van der Waals surface area contributed by atoms with Crippen molar-refractivity contribution in [2.24, 2.45) is 0 Å². The summed E-state index contributed by atoms with van der Waals surface area (Å²) in [5.41, 5.74) is 0. The number of benzene rings is 1. The van der Waals surface area contributed by atoms with Crippen LogP contribution in [0.3, 0.4) is 0 Å². The Hall–Kier alpha value is -2.54. The highest BCUT2D eigenvalue weighted by molar-refractivity contribution is 7.12. The molecule has 1 saturated carbocycles. The van der Waals surface area contributed by atoms with Gasteiger partial charge in [0, 0.05) is 7.05 Å². The van der Waals surface area contributed by atoms with Gasteiger partial charge in [0.1, 0.15) is 17.6 Å². The Balaban J connectivity index is 1.53. The summed E-state index contributed by atoms with van der Waals surface area (Å²) in [7, 11) is 1.65. The molecule has 1 heterocycles. The van der Waals surface area contributed by atoms with Crippen LogP contribution >= 0.6 is 11.3 Å². The molecule has 2 amide bonds. The van der Waals surface area contributed by atoms with Gasteiger partial charge in [-0.2, -0.15) is 0 Å². The molecule has 6 nitrogen and oxygen atoms in total. The Kier molecular flexibility index (Phi) is 8.13. The topological polar surface area (TPSA) is 67.9 Å². The van der Waals surface area contributed by atoms with E-state index in [9.17, 15) is 9.59 Å². The molecule has 7 heteroatoms. The molecule has 3 rings (SSSR count). The van der Waals surface area contributed by atoms with E-state index in [1.165, 1.54) is 16.2 Å². The molecule has 1 N–H and O–H groups in total. The zero-order valence-electron chi connectivity index (χ0n) is 17.6. The van der Waals surface area contributed by atoms with E-state index < -0.39 is 0 Å². The number of thiophene rings is 1. The molecule has 30 heavy (non-hydrogen) atoms. The second-order valence-electron chi connectivity index (χ2n) is 7.57. The largest absolute Gasteiger partial charge is 0.494 e. The minimum absolute atomic E-state index is 0.0312. The molecule has 0 saturated heterocycles. The van der Waals surface area contributed by atoms with Gasteiger partial charge in [-0.25, -0.2) is 0 Å². The summed E-state index contributed by atoms with van der Waals surface area (Å²) in [6.07, 6.45) is 4.78. The van der Waals surface area contributed by atoms with Crippen molar-refractivity contribution in [1.29, 1.82) is 0 Å². The molecular weight excluding hydrogens is 400 g/mol. The van der Waals surface area contributed by atoms with Crippen LogP contribution in [0.1, 0.15) is 48.7 Å².